The number of benzene rings is 2. The smallest absolute Gasteiger partial charge is 0.262 e. The zero-order chi connectivity index (χ0) is 24.4. The van der Waals surface area contributed by atoms with Crippen molar-refractivity contribution in [2.45, 2.75) is 46.1 Å². The van der Waals surface area contributed by atoms with Crippen molar-refractivity contribution in [3.63, 3.8) is 0 Å². The minimum Gasteiger partial charge on any atom is -0.361 e. The molecule has 0 aliphatic carbocycles. The van der Waals surface area contributed by atoms with E-state index in [0.717, 1.165) is 23.9 Å². The molecule has 0 bridgehead atoms. The summed E-state index contributed by atoms with van der Waals surface area (Å²) in [5.74, 6) is 1.65. The molecule has 0 saturated heterocycles. The van der Waals surface area contributed by atoms with Crippen molar-refractivity contribution in [1.29, 1.82) is 0 Å². The van der Waals surface area contributed by atoms with Gasteiger partial charge in [-0.2, -0.15) is 0 Å². The van der Waals surface area contributed by atoms with Crippen LogP contribution in [0.15, 0.2) is 59.5 Å². The number of carbonyl (C=O) groups is 1. The van der Waals surface area contributed by atoms with Crippen molar-refractivity contribution in [3.05, 3.63) is 76.5 Å². The maximum absolute atomic E-state index is 13.1. The summed E-state index contributed by atoms with van der Waals surface area (Å²) in [6, 6.07) is 15.7. The molecule has 0 spiro atoms. The molecular weight excluding hydrogens is 440 g/mol. The normalized spacial score (nSPS) is 11.7. The summed E-state index contributed by atoms with van der Waals surface area (Å²) in [6.07, 6.45) is 4.37. The first-order valence-corrected chi connectivity index (χ1v) is 12.2. The van der Waals surface area contributed by atoms with Gasteiger partial charge < -0.3 is 10.3 Å². The molecule has 35 heavy (non-hydrogen) atoms. The van der Waals surface area contributed by atoms with E-state index in [4.69, 9.17) is 0 Å². The minimum absolute atomic E-state index is 0.0287. The number of amides is 1. The molecular formula is C27H30N6O2. The minimum atomic E-state index is -0.0530. The molecule has 5 rings (SSSR count). The molecule has 0 saturated carbocycles. The first-order chi connectivity index (χ1) is 17.0. The van der Waals surface area contributed by atoms with Crippen molar-refractivity contribution in [2.24, 2.45) is 5.92 Å². The Balaban J connectivity index is 1.31. The fourth-order valence-corrected chi connectivity index (χ4v) is 4.55. The molecule has 0 radical (unpaired) electrons. The van der Waals surface area contributed by atoms with E-state index < -0.39 is 0 Å². The summed E-state index contributed by atoms with van der Waals surface area (Å²) in [7, 11) is 0. The quantitative estimate of drug-likeness (QED) is 0.342. The van der Waals surface area contributed by atoms with Crippen LogP contribution in [0, 0.1) is 5.92 Å². The number of rotatable bonds is 9. The molecule has 0 fully saturated rings. The monoisotopic (exact) mass is 470 g/mol. The average molecular weight is 471 g/mol. The maximum atomic E-state index is 13.1. The van der Waals surface area contributed by atoms with Gasteiger partial charge >= 0.3 is 0 Å². The molecule has 5 aromatic rings. The van der Waals surface area contributed by atoms with Crippen LogP contribution in [-0.2, 0) is 24.2 Å². The molecule has 0 aliphatic rings. The number of aromatic nitrogens is 5. The topological polar surface area (TPSA) is 97.1 Å². The molecule has 8 heteroatoms. The second kappa shape index (κ2) is 9.74. The molecule has 1 amide bonds. The van der Waals surface area contributed by atoms with Gasteiger partial charge in [-0.15, -0.1) is 10.2 Å². The number of aromatic amines is 1. The number of carbonyl (C=O) groups excluding carboxylic acids is 1. The van der Waals surface area contributed by atoms with Crippen molar-refractivity contribution in [3.8, 4) is 0 Å². The number of aryl methyl sites for hydroxylation is 2. The van der Waals surface area contributed by atoms with Gasteiger partial charge in [0, 0.05) is 43.0 Å². The van der Waals surface area contributed by atoms with Crippen LogP contribution < -0.4 is 10.9 Å². The van der Waals surface area contributed by atoms with Crippen molar-refractivity contribution in [2.75, 3.05) is 6.54 Å². The van der Waals surface area contributed by atoms with E-state index in [1.807, 2.05) is 53.1 Å². The number of hydrogen-bond donors (Lipinski definition) is 2. The van der Waals surface area contributed by atoms with Crippen LogP contribution in [0.25, 0.3) is 27.6 Å². The Morgan fingerprint density at radius 2 is 1.80 bits per heavy atom. The van der Waals surface area contributed by atoms with Gasteiger partial charge in [0.2, 0.25) is 11.7 Å². The third-order valence-corrected chi connectivity index (χ3v) is 6.47. The van der Waals surface area contributed by atoms with Crippen LogP contribution in [0.2, 0.25) is 0 Å². The van der Waals surface area contributed by atoms with Gasteiger partial charge in [0.05, 0.1) is 10.9 Å². The Morgan fingerprint density at radius 1 is 1.03 bits per heavy atom. The first kappa shape index (κ1) is 22.8. The number of nitrogens with zero attached hydrogens (tertiary/aromatic N) is 4. The lowest BCUT2D eigenvalue weighted by Crippen LogP contribution is -2.26. The lowest BCUT2D eigenvalue weighted by molar-refractivity contribution is -0.121. The Bertz CT molecular complexity index is 1560. The molecule has 3 heterocycles. The molecule has 180 valence electrons. The summed E-state index contributed by atoms with van der Waals surface area (Å²) in [5.41, 5.74) is 3.01. The van der Waals surface area contributed by atoms with Crippen LogP contribution in [0.3, 0.4) is 0 Å². The van der Waals surface area contributed by atoms with Gasteiger partial charge in [-0.3, -0.25) is 18.6 Å². The molecule has 2 N–H and O–H groups in total. The second-order valence-electron chi connectivity index (χ2n) is 9.37. The van der Waals surface area contributed by atoms with E-state index in [9.17, 15) is 9.59 Å². The van der Waals surface area contributed by atoms with Crippen molar-refractivity contribution in [1.82, 2.24) is 29.5 Å². The summed E-state index contributed by atoms with van der Waals surface area (Å²) in [6.45, 7) is 5.42. The SMILES string of the molecule is CC(C)CCn1c(=O)c2ccccc2n2c(CCC(=O)NCCc3c[nH]c4ccccc34)nnc12. The highest BCUT2D eigenvalue weighted by Gasteiger charge is 2.17. The molecule has 3 aromatic heterocycles. The Labute approximate surface area is 203 Å². The van der Waals surface area contributed by atoms with Crippen LogP contribution in [0.4, 0.5) is 0 Å². The van der Waals surface area contributed by atoms with Gasteiger partial charge in [0.25, 0.3) is 5.56 Å². The average Bonchev–Trinajstić information content (AvgIpc) is 3.47. The van der Waals surface area contributed by atoms with Gasteiger partial charge in [-0.1, -0.05) is 44.2 Å². The molecule has 0 unspecified atom stereocenters. The van der Waals surface area contributed by atoms with Crippen LogP contribution in [0.1, 0.15) is 38.1 Å². The number of nitrogens with one attached hydrogen (secondary N) is 2. The third-order valence-electron chi connectivity index (χ3n) is 6.47. The van der Waals surface area contributed by atoms with Crippen LogP contribution in [0.5, 0.6) is 0 Å². The lowest BCUT2D eigenvalue weighted by Gasteiger charge is -2.12. The predicted molar refractivity (Wildman–Crippen MR) is 138 cm³/mol. The Hall–Kier alpha value is -3.94. The van der Waals surface area contributed by atoms with Crippen molar-refractivity contribution < 1.29 is 4.79 Å². The summed E-state index contributed by atoms with van der Waals surface area (Å²) in [5, 5.41) is 13.6. The molecule has 2 aromatic carbocycles. The summed E-state index contributed by atoms with van der Waals surface area (Å²) < 4.78 is 3.64. The highest BCUT2D eigenvalue weighted by atomic mass is 16.1. The highest BCUT2D eigenvalue weighted by Crippen LogP contribution is 2.18. The lowest BCUT2D eigenvalue weighted by atomic mass is 10.1. The molecule has 0 atom stereocenters. The number of hydrogen-bond acceptors (Lipinski definition) is 4. The van der Waals surface area contributed by atoms with E-state index in [1.165, 1.54) is 10.9 Å². The number of fused-ring (bicyclic) bond motifs is 4. The predicted octanol–water partition coefficient (Wildman–Crippen LogP) is 3.86. The number of para-hydroxylation sites is 2. The molecule has 8 nitrogen and oxygen atoms in total. The molecule has 0 aliphatic heterocycles. The zero-order valence-electron chi connectivity index (χ0n) is 20.1. The van der Waals surface area contributed by atoms with Gasteiger partial charge in [-0.25, -0.2) is 0 Å². The number of H-pyrrole nitrogens is 1. The van der Waals surface area contributed by atoms with E-state index in [2.05, 4.69) is 40.4 Å². The van der Waals surface area contributed by atoms with Crippen molar-refractivity contribution >= 4 is 33.5 Å². The van der Waals surface area contributed by atoms with E-state index >= 15 is 0 Å². The van der Waals surface area contributed by atoms with E-state index in [1.54, 1.807) is 4.57 Å². The van der Waals surface area contributed by atoms with Gasteiger partial charge in [-0.05, 0) is 42.5 Å². The van der Waals surface area contributed by atoms with Crippen LogP contribution in [-0.4, -0.2) is 36.6 Å². The van der Waals surface area contributed by atoms with E-state index in [0.29, 0.717) is 48.8 Å². The van der Waals surface area contributed by atoms with Gasteiger partial charge in [0.1, 0.15) is 5.82 Å². The second-order valence-corrected chi connectivity index (χ2v) is 9.37. The van der Waals surface area contributed by atoms with Gasteiger partial charge in [0.15, 0.2) is 0 Å². The third kappa shape index (κ3) is 4.56. The Morgan fingerprint density at radius 3 is 2.63 bits per heavy atom. The zero-order valence-corrected chi connectivity index (χ0v) is 20.1. The van der Waals surface area contributed by atoms with Crippen LogP contribution >= 0.6 is 0 Å². The highest BCUT2D eigenvalue weighted by molar-refractivity contribution is 5.83. The maximum Gasteiger partial charge on any atom is 0.262 e. The van der Waals surface area contributed by atoms with E-state index in [-0.39, 0.29) is 11.5 Å². The standard InChI is InChI=1S/C27H30N6O2/c1-18(2)14-16-32-26(35)21-8-4-6-10-23(21)33-24(30-31-27(32)33)11-12-25(34)28-15-13-19-17-29-22-9-5-3-7-20(19)22/h3-10,17-18,29H,11-16H2,1-2H3,(H,28,34). The summed E-state index contributed by atoms with van der Waals surface area (Å²) in [4.78, 5) is 29.0. The summed E-state index contributed by atoms with van der Waals surface area (Å²) >= 11 is 0. The largest absolute Gasteiger partial charge is 0.361 e. The Kier molecular flexibility index (Phi) is 6.35. The first-order valence-electron chi connectivity index (χ1n) is 12.2. The fourth-order valence-electron chi connectivity index (χ4n) is 4.55. The fraction of sp³-hybridized carbons (Fsp3) is 0.333.